The average Bonchev–Trinajstić information content (AvgIpc) is 2.17. The van der Waals surface area contributed by atoms with Gasteiger partial charge in [-0.15, -0.1) is 0 Å². The third kappa shape index (κ3) is 3.90. The molecular formula is C9H13N3O3. The summed E-state index contributed by atoms with van der Waals surface area (Å²) in [6.07, 6.45) is 2.65. The van der Waals surface area contributed by atoms with Crippen LogP contribution in [0, 0.1) is 10.1 Å². The number of pyridine rings is 1. The third-order valence-electron chi connectivity index (χ3n) is 1.72. The number of aromatic nitrogens is 1. The van der Waals surface area contributed by atoms with Crippen LogP contribution in [-0.4, -0.2) is 42.1 Å². The highest BCUT2D eigenvalue weighted by Crippen LogP contribution is 2.16. The van der Waals surface area contributed by atoms with E-state index in [-0.39, 0.29) is 5.69 Å². The second-order valence-corrected chi connectivity index (χ2v) is 3.29. The molecule has 0 aliphatic heterocycles. The molecule has 0 aromatic carbocycles. The lowest BCUT2D eigenvalue weighted by Gasteiger charge is -2.10. The first-order valence-electron chi connectivity index (χ1n) is 4.46. The Bertz CT molecular complexity index is 341. The van der Waals surface area contributed by atoms with Crippen LogP contribution >= 0.6 is 0 Å². The van der Waals surface area contributed by atoms with E-state index < -0.39 is 4.92 Å². The van der Waals surface area contributed by atoms with E-state index in [2.05, 4.69) is 4.98 Å². The fourth-order valence-corrected chi connectivity index (χ4v) is 0.932. The molecule has 0 saturated carbocycles. The molecule has 82 valence electrons. The van der Waals surface area contributed by atoms with Gasteiger partial charge in [-0.1, -0.05) is 0 Å². The van der Waals surface area contributed by atoms with E-state index in [4.69, 9.17) is 4.74 Å². The highest BCUT2D eigenvalue weighted by Gasteiger charge is 2.07. The molecule has 0 radical (unpaired) electrons. The Labute approximate surface area is 87.6 Å². The zero-order chi connectivity index (χ0) is 11.3. The summed E-state index contributed by atoms with van der Waals surface area (Å²) in [4.78, 5) is 15.6. The van der Waals surface area contributed by atoms with Crippen LogP contribution in [0.5, 0.6) is 5.75 Å². The Morgan fingerprint density at radius 1 is 1.53 bits per heavy atom. The predicted molar refractivity (Wildman–Crippen MR) is 54.9 cm³/mol. The van der Waals surface area contributed by atoms with E-state index in [1.165, 1.54) is 18.5 Å². The van der Waals surface area contributed by atoms with Gasteiger partial charge in [-0.2, -0.15) is 0 Å². The Balaban J connectivity index is 2.54. The molecule has 0 amide bonds. The second-order valence-electron chi connectivity index (χ2n) is 3.29. The monoisotopic (exact) mass is 211 g/mol. The number of rotatable bonds is 5. The maximum atomic E-state index is 10.4. The molecule has 0 N–H and O–H groups in total. The minimum Gasteiger partial charge on any atom is -0.490 e. The van der Waals surface area contributed by atoms with Crippen molar-refractivity contribution in [1.82, 2.24) is 9.88 Å². The van der Waals surface area contributed by atoms with Crippen molar-refractivity contribution in [1.29, 1.82) is 0 Å². The molecule has 1 rings (SSSR count). The van der Waals surface area contributed by atoms with Crippen LogP contribution in [0.15, 0.2) is 18.5 Å². The highest BCUT2D eigenvalue weighted by molar-refractivity contribution is 5.33. The zero-order valence-electron chi connectivity index (χ0n) is 8.71. The molecule has 0 fully saturated rings. The fourth-order valence-electron chi connectivity index (χ4n) is 0.932. The zero-order valence-corrected chi connectivity index (χ0v) is 8.71. The van der Waals surface area contributed by atoms with Crippen molar-refractivity contribution in [2.45, 2.75) is 0 Å². The van der Waals surface area contributed by atoms with Gasteiger partial charge < -0.3 is 9.64 Å². The van der Waals surface area contributed by atoms with Gasteiger partial charge in [0.2, 0.25) is 0 Å². The standard InChI is InChI=1S/C9H13N3O3/c1-11(2)3-4-15-9-5-8(12(13)14)6-10-7-9/h5-7H,3-4H2,1-2H3. The molecule has 0 unspecified atom stereocenters. The van der Waals surface area contributed by atoms with Gasteiger partial charge in [-0.3, -0.25) is 15.1 Å². The molecule has 1 heterocycles. The van der Waals surface area contributed by atoms with Crippen LogP contribution < -0.4 is 4.74 Å². The lowest BCUT2D eigenvalue weighted by atomic mass is 10.4. The fraction of sp³-hybridized carbons (Fsp3) is 0.444. The summed E-state index contributed by atoms with van der Waals surface area (Å²) in [5.74, 6) is 0.422. The summed E-state index contributed by atoms with van der Waals surface area (Å²) in [7, 11) is 3.85. The minimum absolute atomic E-state index is 0.0580. The Kier molecular flexibility index (Phi) is 3.99. The normalized spacial score (nSPS) is 10.3. The van der Waals surface area contributed by atoms with Gasteiger partial charge in [0.25, 0.3) is 5.69 Å². The molecule has 0 atom stereocenters. The van der Waals surface area contributed by atoms with Crippen molar-refractivity contribution in [3.8, 4) is 5.75 Å². The third-order valence-corrected chi connectivity index (χ3v) is 1.72. The smallest absolute Gasteiger partial charge is 0.291 e. The SMILES string of the molecule is CN(C)CCOc1cncc([N+](=O)[O-])c1. The van der Waals surface area contributed by atoms with Crippen LogP contribution in [0.2, 0.25) is 0 Å². The first kappa shape index (κ1) is 11.4. The van der Waals surface area contributed by atoms with Gasteiger partial charge in [0.15, 0.2) is 0 Å². The quantitative estimate of drug-likeness (QED) is 0.535. The van der Waals surface area contributed by atoms with E-state index >= 15 is 0 Å². The molecule has 6 heteroatoms. The Morgan fingerprint density at radius 2 is 2.27 bits per heavy atom. The largest absolute Gasteiger partial charge is 0.490 e. The summed E-state index contributed by atoms with van der Waals surface area (Å²) in [5.41, 5.74) is -0.0580. The van der Waals surface area contributed by atoms with Crippen molar-refractivity contribution in [3.05, 3.63) is 28.6 Å². The average molecular weight is 211 g/mol. The number of nitrogens with zero attached hydrogens (tertiary/aromatic N) is 3. The van der Waals surface area contributed by atoms with Crippen molar-refractivity contribution in [3.63, 3.8) is 0 Å². The molecule has 6 nitrogen and oxygen atoms in total. The highest BCUT2D eigenvalue weighted by atomic mass is 16.6. The van der Waals surface area contributed by atoms with Gasteiger partial charge in [-0.25, -0.2) is 0 Å². The lowest BCUT2D eigenvalue weighted by Crippen LogP contribution is -2.19. The van der Waals surface area contributed by atoms with Gasteiger partial charge >= 0.3 is 0 Å². The summed E-state index contributed by atoms with van der Waals surface area (Å²) >= 11 is 0. The van der Waals surface area contributed by atoms with Crippen molar-refractivity contribution < 1.29 is 9.66 Å². The molecule has 1 aromatic heterocycles. The van der Waals surface area contributed by atoms with E-state index in [1.807, 2.05) is 19.0 Å². The minimum atomic E-state index is -0.494. The van der Waals surface area contributed by atoms with Gasteiger partial charge in [0.05, 0.1) is 17.2 Å². The van der Waals surface area contributed by atoms with E-state index in [0.717, 1.165) is 6.54 Å². The summed E-state index contributed by atoms with van der Waals surface area (Å²) in [6.45, 7) is 1.23. The molecule has 0 aliphatic rings. The van der Waals surface area contributed by atoms with Crippen LogP contribution in [0.4, 0.5) is 5.69 Å². The van der Waals surface area contributed by atoms with E-state index in [0.29, 0.717) is 12.4 Å². The van der Waals surface area contributed by atoms with E-state index in [9.17, 15) is 10.1 Å². The molecular weight excluding hydrogens is 198 g/mol. The summed E-state index contributed by atoms with van der Waals surface area (Å²) in [6, 6.07) is 1.36. The van der Waals surface area contributed by atoms with Crippen LogP contribution in [0.1, 0.15) is 0 Å². The number of hydrogen-bond donors (Lipinski definition) is 0. The first-order chi connectivity index (χ1) is 7.09. The maximum Gasteiger partial charge on any atom is 0.291 e. The predicted octanol–water partition coefficient (Wildman–Crippen LogP) is 0.930. The Morgan fingerprint density at radius 3 is 2.87 bits per heavy atom. The molecule has 0 aliphatic carbocycles. The van der Waals surface area contributed by atoms with Crippen LogP contribution in [0.3, 0.4) is 0 Å². The van der Waals surface area contributed by atoms with Crippen LogP contribution in [0.25, 0.3) is 0 Å². The summed E-state index contributed by atoms with van der Waals surface area (Å²) in [5, 5.41) is 10.4. The van der Waals surface area contributed by atoms with Crippen molar-refractivity contribution >= 4 is 5.69 Å². The number of hydrogen-bond acceptors (Lipinski definition) is 5. The molecule has 0 spiro atoms. The topological polar surface area (TPSA) is 68.5 Å². The van der Waals surface area contributed by atoms with Gasteiger partial charge in [-0.05, 0) is 14.1 Å². The molecule has 0 bridgehead atoms. The molecule has 0 saturated heterocycles. The molecule has 15 heavy (non-hydrogen) atoms. The van der Waals surface area contributed by atoms with E-state index in [1.54, 1.807) is 0 Å². The van der Waals surface area contributed by atoms with Crippen LogP contribution in [-0.2, 0) is 0 Å². The number of nitro groups is 1. The van der Waals surface area contributed by atoms with Crippen molar-refractivity contribution in [2.75, 3.05) is 27.2 Å². The Hall–Kier alpha value is -1.69. The van der Waals surface area contributed by atoms with Crippen molar-refractivity contribution in [2.24, 2.45) is 0 Å². The van der Waals surface area contributed by atoms with Gasteiger partial charge in [0.1, 0.15) is 18.6 Å². The number of likely N-dealkylation sites (N-methyl/N-ethyl adjacent to an activating group) is 1. The van der Waals surface area contributed by atoms with Gasteiger partial charge in [0, 0.05) is 6.54 Å². The maximum absolute atomic E-state index is 10.4. The number of ether oxygens (including phenoxy) is 1. The lowest BCUT2D eigenvalue weighted by molar-refractivity contribution is -0.385. The second kappa shape index (κ2) is 5.26. The first-order valence-corrected chi connectivity index (χ1v) is 4.46. The molecule has 1 aromatic rings. The summed E-state index contributed by atoms with van der Waals surface area (Å²) < 4.78 is 5.30.